The normalized spacial score (nSPS) is 16.2. The minimum atomic E-state index is 0.210. The SMILES string of the molecule is Cc1csc(C(NC2CC2)c2cccc3ccccc23)n1. The first-order chi connectivity index (χ1) is 10.3. The topological polar surface area (TPSA) is 24.9 Å². The molecule has 4 rings (SSSR count). The van der Waals surface area contributed by atoms with Gasteiger partial charge in [0, 0.05) is 17.1 Å². The van der Waals surface area contributed by atoms with Gasteiger partial charge in [0.1, 0.15) is 5.01 Å². The summed E-state index contributed by atoms with van der Waals surface area (Å²) >= 11 is 1.76. The Balaban J connectivity index is 1.84. The highest BCUT2D eigenvalue weighted by Crippen LogP contribution is 2.33. The van der Waals surface area contributed by atoms with E-state index >= 15 is 0 Å². The van der Waals surface area contributed by atoms with Gasteiger partial charge in [0.15, 0.2) is 0 Å². The van der Waals surface area contributed by atoms with Gasteiger partial charge in [-0.1, -0.05) is 42.5 Å². The summed E-state index contributed by atoms with van der Waals surface area (Å²) in [5.74, 6) is 0. The molecule has 1 unspecified atom stereocenters. The quantitative estimate of drug-likeness (QED) is 0.769. The standard InChI is InChI=1S/C18H18N2S/c1-12-11-21-18(19-12)17(20-14-9-10-14)16-8-4-6-13-5-2-3-7-15(13)16/h2-8,11,14,17,20H,9-10H2,1H3. The predicted molar refractivity (Wildman–Crippen MR) is 88.8 cm³/mol. The van der Waals surface area contributed by atoms with Crippen LogP contribution in [0.25, 0.3) is 10.8 Å². The van der Waals surface area contributed by atoms with Crippen molar-refractivity contribution in [3.05, 3.63) is 64.1 Å². The molecule has 0 radical (unpaired) electrons. The van der Waals surface area contributed by atoms with E-state index in [1.807, 2.05) is 0 Å². The van der Waals surface area contributed by atoms with E-state index in [1.54, 1.807) is 11.3 Å². The first-order valence-corrected chi connectivity index (χ1v) is 8.35. The Labute approximate surface area is 128 Å². The molecule has 3 aromatic rings. The number of aryl methyl sites for hydroxylation is 1. The van der Waals surface area contributed by atoms with E-state index in [2.05, 4.69) is 60.1 Å². The number of benzene rings is 2. The maximum Gasteiger partial charge on any atom is 0.114 e. The molecular formula is C18H18N2S. The van der Waals surface area contributed by atoms with Crippen molar-refractivity contribution in [2.24, 2.45) is 0 Å². The molecule has 3 heteroatoms. The number of aromatic nitrogens is 1. The van der Waals surface area contributed by atoms with Crippen LogP contribution in [0.3, 0.4) is 0 Å². The Morgan fingerprint density at radius 2 is 1.95 bits per heavy atom. The van der Waals surface area contributed by atoms with Gasteiger partial charge in [0.25, 0.3) is 0 Å². The first-order valence-electron chi connectivity index (χ1n) is 7.47. The van der Waals surface area contributed by atoms with E-state index in [9.17, 15) is 0 Å². The molecule has 2 nitrogen and oxygen atoms in total. The molecular weight excluding hydrogens is 276 g/mol. The molecule has 1 fully saturated rings. The molecule has 106 valence electrons. The summed E-state index contributed by atoms with van der Waals surface area (Å²) in [6.07, 6.45) is 2.57. The smallest absolute Gasteiger partial charge is 0.114 e. The number of thiazole rings is 1. The van der Waals surface area contributed by atoms with Crippen LogP contribution in [-0.2, 0) is 0 Å². The summed E-state index contributed by atoms with van der Waals surface area (Å²) in [7, 11) is 0. The fourth-order valence-corrected chi connectivity index (χ4v) is 3.66. The fraction of sp³-hybridized carbons (Fsp3) is 0.278. The van der Waals surface area contributed by atoms with Crippen LogP contribution in [0.1, 0.15) is 35.1 Å². The Kier molecular flexibility index (Phi) is 3.24. The molecule has 0 spiro atoms. The van der Waals surface area contributed by atoms with E-state index in [0.717, 1.165) is 5.69 Å². The molecule has 1 heterocycles. The van der Waals surface area contributed by atoms with Crippen molar-refractivity contribution in [2.75, 3.05) is 0 Å². The molecule has 1 atom stereocenters. The monoisotopic (exact) mass is 294 g/mol. The highest BCUT2D eigenvalue weighted by atomic mass is 32.1. The number of hydrogen-bond donors (Lipinski definition) is 1. The van der Waals surface area contributed by atoms with Crippen molar-refractivity contribution in [3.63, 3.8) is 0 Å². The maximum absolute atomic E-state index is 4.73. The Morgan fingerprint density at radius 3 is 2.71 bits per heavy atom. The van der Waals surface area contributed by atoms with Gasteiger partial charge in [0.05, 0.1) is 6.04 Å². The zero-order chi connectivity index (χ0) is 14.2. The van der Waals surface area contributed by atoms with E-state index in [-0.39, 0.29) is 6.04 Å². The summed E-state index contributed by atoms with van der Waals surface area (Å²) in [5, 5.41) is 9.72. The molecule has 0 bridgehead atoms. The Bertz CT molecular complexity index is 768. The van der Waals surface area contributed by atoms with Crippen LogP contribution in [0.15, 0.2) is 47.8 Å². The second-order valence-electron chi connectivity index (χ2n) is 5.77. The van der Waals surface area contributed by atoms with Crippen LogP contribution in [0.4, 0.5) is 0 Å². The lowest BCUT2D eigenvalue weighted by molar-refractivity contribution is 0.600. The van der Waals surface area contributed by atoms with Gasteiger partial charge in [-0.15, -0.1) is 11.3 Å². The van der Waals surface area contributed by atoms with Gasteiger partial charge in [-0.2, -0.15) is 0 Å². The second kappa shape index (κ2) is 5.24. The molecule has 1 aliphatic carbocycles. The van der Waals surface area contributed by atoms with Crippen LogP contribution < -0.4 is 5.32 Å². The zero-order valence-corrected chi connectivity index (χ0v) is 12.9. The van der Waals surface area contributed by atoms with Crippen molar-refractivity contribution < 1.29 is 0 Å². The van der Waals surface area contributed by atoms with Crippen molar-refractivity contribution in [3.8, 4) is 0 Å². The largest absolute Gasteiger partial charge is 0.301 e. The summed E-state index contributed by atoms with van der Waals surface area (Å²) in [4.78, 5) is 4.73. The lowest BCUT2D eigenvalue weighted by atomic mass is 9.99. The van der Waals surface area contributed by atoms with Crippen LogP contribution in [-0.4, -0.2) is 11.0 Å². The summed E-state index contributed by atoms with van der Waals surface area (Å²) < 4.78 is 0. The molecule has 0 aliphatic heterocycles. The Hall–Kier alpha value is -1.71. The predicted octanol–water partition coefficient (Wildman–Crippen LogP) is 4.45. The van der Waals surface area contributed by atoms with Crippen LogP contribution in [0, 0.1) is 6.92 Å². The minimum Gasteiger partial charge on any atom is -0.301 e. The number of nitrogens with zero attached hydrogens (tertiary/aromatic N) is 1. The molecule has 1 aliphatic rings. The van der Waals surface area contributed by atoms with E-state index in [1.165, 1.54) is 34.2 Å². The van der Waals surface area contributed by atoms with Crippen LogP contribution >= 0.6 is 11.3 Å². The molecule has 2 aromatic carbocycles. The van der Waals surface area contributed by atoms with Crippen LogP contribution in [0.5, 0.6) is 0 Å². The van der Waals surface area contributed by atoms with Gasteiger partial charge < -0.3 is 5.32 Å². The molecule has 1 N–H and O–H groups in total. The van der Waals surface area contributed by atoms with Crippen molar-refractivity contribution >= 4 is 22.1 Å². The van der Waals surface area contributed by atoms with Gasteiger partial charge in [-0.25, -0.2) is 4.98 Å². The second-order valence-corrected chi connectivity index (χ2v) is 6.66. The van der Waals surface area contributed by atoms with E-state index < -0.39 is 0 Å². The van der Waals surface area contributed by atoms with Crippen molar-refractivity contribution in [1.82, 2.24) is 10.3 Å². The summed E-state index contributed by atoms with van der Waals surface area (Å²) in [5.41, 5.74) is 2.45. The highest BCUT2D eigenvalue weighted by molar-refractivity contribution is 7.09. The molecule has 21 heavy (non-hydrogen) atoms. The van der Waals surface area contributed by atoms with Gasteiger partial charge in [-0.05, 0) is 36.1 Å². The minimum absolute atomic E-state index is 0.210. The number of nitrogens with one attached hydrogen (secondary N) is 1. The molecule has 0 saturated heterocycles. The average Bonchev–Trinajstić information content (AvgIpc) is 3.24. The highest BCUT2D eigenvalue weighted by Gasteiger charge is 2.28. The third-order valence-corrected chi connectivity index (χ3v) is 5.03. The van der Waals surface area contributed by atoms with Crippen molar-refractivity contribution in [2.45, 2.75) is 31.8 Å². The Morgan fingerprint density at radius 1 is 1.14 bits per heavy atom. The lowest BCUT2D eigenvalue weighted by Gasteiger charge is -2.19. The third-order valence-electron chi connectivity index (χ3n) is 4.00. The lowest BCUT2D eigenvalue weighted by Crippen LogP contribution is -2.24. The van der Waals surface area contributed by atoms with E-state index in [4.69, 9.17) is 4.98 Å². The molecule has 0 amide bonds. The number of fused-ring (bicyclic) bond motifs is 1. The maximum atomic E-state index is 4.73. The van der Waals surface area contributed by atoms with Gasteiger partial charge in [0.2, 0.25) is 0 Å². The summed E-state index contributed by atoms with van der Waals surface area (Å²) in [6.45, 7) is 2.07. The fourth-order valence-electron chi connectivity index (χ4n) is 2.79. The van der Waals surface area contributed by atoms with Crippen molar-refractivity contribution in [1.29, 1.82) is 0 Å². The van der Waals surface area contributed by atoms with Gasteiger partial charge >= 0.3 is 0 Å². The first kappa shape index (κ1) is 13.0. The van der Waals surface area contributed by atoms with Gasteiger partial charge in [-0.3, -0.25) is 0 Å². The number of rotatable bonds is 4. The molecule has 1 saturated carbocycles. The van der Waals surface area contributed by atoms with Crippen LogP contribution in [0.2, 0.25) is 0 Å². The third kappa shape index (κ3) is 2.59. The van der Waals surface area contributed by atoms with E-state index in [0.29, 0.717) is 6.04 Å². The molecule has 1 aromatic heterocycles. The average molecular weight is 294 g/mol. The zero-order valence-electron chi connectivity index (χ0n) is 12.0. The summed E-state index contributed by atoms with van der Waals surface area (Å²) in [6, 6.07) is 16.0. The number of hydrogen-bond acceptors (Lipinski definition) is 3.